The normalized spacial score (nSPS) is 32.4. The van der Waals surface area contributed by atoms with Gasteiger partial charge < -0.3 is 5.73 Å². The van der Waals surface area contributed by atoms with E-state index in [0.29, 0.717) is 0 Å². The van der Waals surface area contributed by atoms with E-state index in [4.69, 9.17) is 5.73 Å². The molecular weight excluding hydrogens is 258 g/mol. The zero-order valence-corrected chi connectivity index (χ0v) is 10.8. The lowest BCUT2D eigenvalue weighted by Crippen LogP contribution is -2.38. The maximum absolute atomic E-state index is 6.38. The van der Waals surface area contributed by atoms with E-state index >= 15 is 0 Å². The van der Waals surface area contributed by atoms with Gasteiger partial charge in [-0.05, 0) is 53.6 Å². The Hall–Kier alpha value is 0.140. The summed E-state index contributed by atoms with van der Waals surface area (Å²) in [6.45, 7) is 2.30. The van der Waals surface area contributed by atoms with Gasteiger partial charge >= 0.3 is 0 Å². The maximum Gasteiger partial charge on any atom is 0.0285 e. The van der Waals surface area contributed by atoms with Crippen LogP contribution < -0.4 is 5.73 Å². The summed E-state index contributed by atoms with van der Waals surface area (Å²) >= 11 is 5.29. The van der Waals surface area contributed by atoms with Crippen molar-refractivity contribution in [1.29, 1.82) is 0 Å². The van der Waals surface area contributed by atoms with Crippen LogP contribution in [0.25, 0.3) is 0 Å². The largest absolute Gasteiger partial charge is 0.325 e. The molecule has 1 aliphatic carbocycles. The highest BCUT2D eigenvalue weighted by Crippen LogP contribution is 2.36. The summed E-state index contributed by atoms with van der Waals surface area (Å²) in [4.78, 5) is 1.41. The minimum atomic E-state index is 0.0731. The van der Waals surface area contributed by atoms with Crippen LogP contribution in [0.1, 0.15) is 31.1 Å². The highest BCUT2D eigenvalue weighted by Gasteiger charge is 2.33. The molecule has 2 unspecified atom stereocenters. The molecule has 0 spiro atoms. The Kier molecular flexibility index (Phi) is 3.01. The van der Waals surface area contributed by atoms with E-state index in [2.05, 4.69) is 34.3 Å². The SMILES string of the molecule is CC1CCC(N)(Cc2cc(Br)cs2)C1. The van der Waals surface area contributed by atoms with Crippen LogP contribution in [0.5, 0.6) is 0 Å². The molecule has 78 valence electrons. The molecule has 0 bridgehead atoms. The monoisotopic (exact) mass is 273 g/mol. The lowest BCUT2D eigenvalue weighted by atomic mass is 9.93. The minimum absolute atomic E-state index is 0.0731. The molecule has 1 saturated carbocycles. The smallest absolute Gasteiger partial charge is 0.0285 e. The van der Waals surface area contributed by atoms with Gasteiger partial charge in [-0.3, -0.25) is 0 Å². The van der Waals surface area contributed by atoms with E-state index in [1.165, 1.54) is 28.6 Å². The van der Waals surface area contributed by atoms with Crippen LogP contribution in [0.3, 0.4) is 0 Å². The van der Waals surface area contributed by atoms with Gasteiger partial charge in [0.15, 0.2) is 0 Å². The van der Waals surface area contributed by atoms with Crippen molar-refractivity contribution in [2.24, 2.45) is 11.7 Å². The van der Waals surface area contributed by atoms with Crippen LogP contribution in [0.4, 0.5) is 0 Å². The van der Waals surface area contributed by atoms with Gasteiger partial charge in [-0.25, -0.2) is 0 Å². The predicted octanol–water partition coefficient (Wildman–Crippen LogP) is 3.57. The molecule has 1 heterocycles. The Morgan fingerprint density at radius 3 is 3.00 bits per heavy atom. The molecule has 1 nitrogen and oxygen atoms in total. The average molecular weight is 274 g/mol. The Morgan fingerprint density at radius 2 is 2.50 bits per heavy atom. The van der Waals surface area contributed by atoms with Gasteiger partial charge in [0.1, 0.15) is 0 Å². The first-order valence-electron chi connectivity index (χ1n) is 5.09. The highest BCUT2D eigenvalue weighted by molar-refractivity contribution is 9.10. The molecular formula is C11H16BrNS. The lowest BCUT2D eigenvalue weighted by molar-refractivity contribution is 0.422. The first-order chi connectivity index (χ1) is 6.57. The molecule has 1 aromatic heterocycles. The number of thiophene rings is 1. The van der Waals surface area contributed by atoms with Crippen molar-refractivity contribution < 1.29 is 0 Å². The molecule has 2 N–H and O–H groups in total. The molecule has 2 atom stereocenters. The Morgan fingerprint density at radius 1 is 1.71 bits per heavy atom. The van der Waals surface area contributed by atoms with Gasteiger partial charge in [0, 0.05) is 20.3 Å². The number of hydrogen-bond acceptors (Lipinski definition) is 2. The van der Waals surface area contributed by atoms with Crippen LogP contribution in [0.2, 0.25) is 0 Å². The first kappa shape index (κ1) is 10.7. The van der Waals surface area contributed by atoms with Crippen LogP contribution in [-0.2, 0) is 6.42 Å². The fourth-order valence-electron chi connectivity index (χ4n) is 2.39. The standard InChI is InChI=1S/C11H16BrNS/c1-8-2-3-11(13,5-8)6-10-4-9(12)7-14-10/h4,7-8H,2-3,5-6,13H2,1H3. The summed E-state index contributed by atoms with van der Waals surface area (Å²) in [5, 5.41) is 2.14. The van der Waals surface area contributed by atoms with E-state index in [0.717, 1.165) is 12.3 Å². The molecule has 1 aliphatic rings. The maximum atomic E-state index is 6.38. The van der Waals surface area contributed by atoms with E-state index < -0.39 is 0 Å². The van der Waals surface area contributed by atoms with Gasteiger partial charge in [0.05, 0.1) is 0 Å². The van der Waals surface area contributed by atoms with Crippen molar-refractivity contribution in [1.82, 2.24) is 0 Å². The summed E-state index contributed by atoms with van der Waals surface area (Å²) in [5.41, 5.74) is 6.46. The van der Waals surface area contributed by atoms with Crippen molar-refractivity contribution in [3.63, 3.8) is 0 Å². The summed E-state index contributed by atoms with van der Waals surface area (Å²) in [6.07, 6.45) is 4.71. The third-order valence-corrected chi connectivity index (χ3v) is 4.74. The van der Waals surface area contributed by atoms with E-state index in [1.807, 2.05) is 11.3 Å². The first-order valence-corrected chi connectivity index (χ1v) is 6.76. The topological polar surface area (TPSA) is 26.0 Å². The molecule has 0 amide bonds. The Balaban J connectivity index is 2.03. The van der Waals surface area contributed by atoms with E-state index in [-0.39, 0.29) is 5.54 Å². The summed E-state index contributed by atoms with van der Waals surface area (Å²) < 4.78 is 1.19. The van der Waals surface area contributed by atoms with Crippen molar-refractivity contribution in [2.75, 3.05) is 0 Å². The molecule has 0 aromatic carbocycles. The molecule has 3 heteroatoms. The van der Waals surface area contributed by atoms with Crippen molar-refractivity contribution >= 4 is 27.3 Å². The van der Waals surface area contributed by atoms with Gasteiger partial charge in [-0.2, -0.15) is 0 Å². The number of halogens is 1. The minimum Gasteiger partial charge on any atom is -0.325 e. The lowest BCUT2D eigenvalue weighted by Gasteiger charge is -2.23. The van der Waals surface area contributed by atoms with E-state index in [1.54, 1.807) is 0 Å². The second-order valence-electron chi connectivity index (χ2n) is 4.62. The number of nitrogens with two attached hydrogens (primary N) is 1. The highest BCUT2D eigenvalue weighted by atomic mass is 79.9. The third-order valence-electron chi connectivity index (χ3n) is 3.04. The van der Waals surface area contributed by atoms with Crippen LogP contribution in [-0.4, -0.2) is 5.54 Å². The van der Waals surface area contributed by atoms with Crippen LogP contribution >= 0.6 is 27.3 Å². The second-order valence-corrected chi connectivity index (χ2v) is 6.53. The van der Waals surface area contributed by atoms with Gasteiger partial charge in [0.2, 0.25) is 0 Å². The van der Waals surface area contributed by atoms with Gasteiger partial charge in [-0.15, -0.1) is 11.3 Å². The second kappa shape index (κ2) is 3.95. The molecule has 0 radical (unpaired) electrons. The van der Waals surface area contributed by atoms with Crippen molar-refractivity contribution in [3.05, 3.63) is 20.8 Å². The molecule has 2 rings (SSSR count). The van der Waals surface area contributed by atoms with Gasteiger partial charge in [0.25, 0.3) is 0 Å². The fourth-order valence-corrected chi connectivity index (χ4v) is 3.99. The van der Waals surface area contributed by atoms with Crippen molar-refractivity contribution in [3.8, 4) is 0 Å². The molecule has 14 heavy (non-hydrogen) atoms. The number of rotatable bonds is 2. The molecule has 1 fully saturated rings. The zero-order valence-electron chi connectivity index (χ0n) is 8.42. The molecule has 0 saturated heterocycles. The Bertz CT molecular complexity index is 323. The summed E-state index contributed by atoms with van der Waals surface area (Å²) in [6, 6.07) is 2.20. The summed E-state index contributed by atoms with van der Waals surface area (Å²) in [5.74, 6) is 0.809. The predicted molar refractivity (Wildman–Crippen MR) is 65.7 cm³/mol. The fraction of sp³-hybridized carbons (Fsp3) is 0.636. The quantitative estimate of drug-likeness (QED) is 0.876. The molecule has 1 aromatic rings. The van der Waals surface area contributed by atoms with Crippen LogP contribution in [0, 0.1) is 5.92 Å². The average Bonchev–Trinajstić information content (AvgIpc) is 2.60. The Labute approximate surface area is 97.8 Å². The van der Waals surface area contributed by atoms with E-state index in [9.17, 15) is 0 Å². The van der Waals surface area contributed by atoms with Gasteiger partial charge in [-0.1, -0.05) is 6.92 Å². The molecule has 0 aliphatic heterocycles. The van der Waals surface area contributed by atoms with Crippen LogP contribution in [0.15, 0.2) is 15.9 Å². The third kappa shape index (κ3) is 2.38. The number of hydrogen-bond donors (Lipinski definition) is 1. The zero-order chi connectivity index (χ0) is 10.2. The summed E-state index contributed by atoms with van der Waals surface area (Å²) in [7, 11) is 0. The van der Waals surface area contributed by atoms with Crippen molar-refractivity contribution in [2.45, 2.75) is 38.1 Å².